The van der Waals surface area contributed by atoms with Crippen LogP contribution >= 0.6 is 0 Å². The van der Waals surface area contributed by atoms with Crippen molar-refractivity contribution in [3.63, 3.8) is 0 Å². The Morgan fingerprint density at radius 2 is 2.15 bits per heavy atom. The van der Waals surface area contributed by atoms with Crippen LogP contribution < -0.4 is 10.1 Å². The van der Waals surface area contributed by atoms with Crippen molar-refractivity contribution in [1.29, 1.82) is 0 Å². The standard InChI is InChI=1S/C15H22FNO3/c1-15(2,7-4-8-18)10-17-14(19)12-6-5-11(20-3)9-13(12)16/h5-6,9,18H,4,7-8,10H2,1-3H3,(H,17,19). The summed E-state index contributed by atoms with van der Waals surface area (Å²) in [6.45, 7) is 4.54. The zero-order chi connectivity index (χ0) is 15.2. The molecule has 112 valence electrons. The van der Waals surface area contributed by atoms with Crippen LogP contribution in [0.25, 0.3) is 0 Å². The topological polar surface area (TPSA) is 58.6 Å². The van der Waals surface area contributed by atoms with Crippen molar-refractivity contribution < 1.29 is 19.0 Å². The Labute approximate surface area is 119 Å². The second-order valence-corrected chi connectivity index (χ2v) is 5.52. The summed E-state index contributed by atoms with van der Waals surface area (Å²) in [7, 11) is 1.44. The first-order valence-corrected chi connectivity index (χ1v) is 6.62. The van der Waals surface area contributed by atoms with Crippen LogP contribution in [0.3, 0.4) is 0 Å². The fourth-order valence-corrected chi connectivity index (χ4v) is 1.87. The van der Waals surface area contributed by atoms with E-state index in [1.54, 1.807) is 6.07 Å². The van der Waals surface area contributed by atoms with Gasteiger partial charge in [0, 0.05) is 19.2 Å². The number of nitrogens with one attached hydrogen (secondary N) is 1. The highest BCUT2D eigenvalue weighted by molar-refractivity contribution is 5.94. The van der Waals surface area contributed by atoms with Crippen LogP contribution in [0, 0.1) is 11.2 Å². The normalized spacial score (nSPS) is 11.2. The molecular formula is C15H22FNO3. The van der Waals surface area contributed by atoms with E-state index in [0.717, 1.165) is 6.42 Å². The van der Waals surface area contributed by atoms with Gasteiger partial charge in [0.1, 0.15) is 11.6 Å². The fraction of sp³-hybridized carbons (Fsp3) is 0.533. The van der Waals surface area contributed by atoms with E-state index < -0.39 is 11.7 Å². The number of rotatable bonds is 7. The van der Waals surface area contributed by atoms with Crippen molar-refractivity contribution in [3.8, 4) is 5.75 Å². The lowest BCUT2D eigenvalue weighted by atomic mass is 9.88. The summed E-state index contributed by atoms with van der Waals surface area (Å²) in [4.78, 5) is 11.9. The largest absolute Gasteiger partial charge is 0.497 e. The highest BCUT2D eigenvalue weighted by atomic mass is 19.1. The Kier molecular flexibility index (Phi) is 5.95. The smallest absolute Gasteiger partial charge is 0.254 e. The summed E-state index contributed by atoms with van der Waals surface area (Å²) in [6, 6.07) is 4.14. The third-order valence-electron chi connectivity index (χ3n) is 3.16. The van der Waals surface area contributed by atoms with E-state index >= 15 is 0 Å². The molecule has 20 heavy (non-hydrogen) atoms. The highest BCUT2D eigenvalue weighted by Gasteiger charge is 2.20. The molecule has 0 atom stereocenters. The van der Waals surface area contributed by atoms with Crippen LogP contribution in [0.15, 0.2) is 18.2 Å². The Bertz CT molecular complexity index is 460. The molecule has 0 bridgehead atoms. The van der Waals surface area contributed by atoms with Gasteiger partial charge in [0.2, 0.25) is 0 Å². The number of methoxy groups -OCH3 is 1. The molecule has 1 aromatic carbocycles. The summed E-state index contributed by atoms with van der Waals surface area (Å²) in [5, 5.41) is 11.5. The van der Waals surface area contributed by atoms with E-state index in [2.05, 4.69) is 5.32 Å². The maximum absolute atomic E-state index is 13.7. The molecule has 0 aliphatic rings. The van der Waals surface area contributed by atoms with Gasteiger partial charge in [-0.05, 0) is 30.4 Å². The Hall–Kier alpha value is -1.62. The molecule has 0 aliphatic carbocycles. The van der Waals surface area contributed by atoms with Crippen molar-refractivity contribution in [1.82, 2.24) is 5.32 Å². The number of hydrogen-bond acceptors (Lipinski definition) is 3. The van der Waals surface area contributed by atoms with E-state index in [0.29, 0.717) is 18.7 Å². The third kappa shape index (κ3) is 4.81. The van der Waals surface area contributed by atoms with E-state index in [4.69, 9.17) is 9.84 Å². The molecule has 5 heteroatoms. The first-order chi connectivity index (χ1) is 9.39. The number of carbonyl (C=O) groups excluding carboxylic acids is 1. The summed E-state index contributed by atoms with van der Waals surface area (Å²) >= 11 is 0. The molecule has 0 aliphatic heterocycles. The molecule has 1 aromatic rings. The van der Waals surface area contributed by atoms with Gasteiger partial charge >= 0.3 is 0 Å². The van der Waals surface area contributed by atoms with Crippen LogP contribution in [0.1, 0.15) is 37.0 Å². The Balaban J connectivity index is 2.63. The van der Waals surface area contributed by atoms with Gasteiger partial charge in [0.15, 0.2) is 0 Å². The summed E-state index contributed by atoms with van der Waals surface area (Å²) in [6.07, 6.45) is 1.47. The Morgan fingerprint density at radius 1 is 1.45 bits per heavy atom. The first-order valence-electron chi connectivity index (χ1n) is 6.62. The highest BCUT2D eigenvalue weighted by Crippen LogP contribution is 2.21. The number of aliphatic hydroxyl groups is 1. The van der Waals surface area contributed by atoms with Gasteiger partial charge in [-0.2, -0.15) is 0 Å². The Morgan fingerprint density at radius 3 is 2.70 bits per heavy atom. The number of halogens is 1. The third-order valence-corrected chi connectivity index (χ3v) is 3.16. The van der Waals surface area contributed by atoms with Crippen molar-refractivity contribution in [2.24, 2.45) is 5.41 Å². The number of carbonyl (C=O) groups is 1. The molecule has 0 unspecified atom stereocenters. The molecule has 2 N–H and O–H groups in total. The molecular weight excluding hydrogens is 261 g/mol. The van der Waals surface area contributed by atoms with Crippen LogP contribution in [0.5, 0.6) is 5.75 Å². The molecule has 0 saturated heterocycles. The summed E-state index contributed by atoms with van der Waals surface area (Å²) in [5.74, 6) is -0.667. The van der Waals surface area contributed by atoms with E-state index in [9.17, 15) is 9.18 Å². The van der Waals surface area contributed by atoms with Crippen molar-refractivity contribution >= 4 is 5.91 Å². The average molecular weight is 283 g/mol. The molecule has 0 radical (unpaired) electrons. The second kappa shape index (κ2) is 7.24. The van der Waals surface area contributed by atoms with Gasteiger partial charge in [-0.15, -0.1) is 0 Å². The van der Waals surface area contributed by atoms with E-state index in [-0.39, 0.29) is 17.6 Å². The van der Waals surface area contributed by atoms with E-state index in [1.807, 2.05) is 13.8 Å². The minimum absolute atomic E-state index is 0.00348. The molecule has 0 saturated carbocycles. The number of hydrogen-bond donors (Lipinski definition) is 2. The molecule has 1 amide bonds. The molecule has 0 fully saturated rings. The van der Waals surface area contributed by atoms with Gasteiger partial charge in [0.25, 0.3) is 5.91 Å². The molecule has 0 aromatic heterocycles. The monoisotopic (exact) mass is 283 g/mol. The van der Waals surface area contributed by atoms with Crippen molar-refractivity contribution in [3.05, 3.63) is 29.6 Å². The maximum atomic E-state index is 13.7. The zero-order valence-electron chi connectivity index (χ0n) is 12.2. The predicted molar refractivity (Wildman–Crippen MR) is 75.4 cm³/mol. The van der Waals surface area contributed by atoms with Crippen LogP contribution in [0.4, 0.5) is 4.39 Å². The lowest BCUT2D eigenvalue weighted by molar-refractivity contribution is 0.0929. The number of ether oxygens (including phenoxy) is 1. The van der Waals surface area contributed by atoms with Gasteiger partial charge in [-0.1, -0.05) is 13.8 Å². The van der Waals surface area contributed by atoms with Crippen molar-refractivity contribution in [2.45, 2.75) is 26.7 Å². The minimum atomic E-state index is -0.602. The summed E-state index contributed by atoms with van der Waals surface area (Å²) in [5.41, 5.74) is -0.134. The minimum Gasteiger partial charge on any atom is -0.497 e. The van der Waals surface area contributed by atoms with Gasteiger partial charge in [-0.25, -0.2) is 4.39 Å². The van der Waals surface area contributed by atoms with E-state index in [1.165, 1.54) is 19.2 Å². The number of aliphatic hydroxyl groups excluding tert-OH is 1. The quantitative estimate of drug-likeness (QED) is 0.807. The second-order valence-electron chi connectivity index (χ2n) is 5.52. The van der Waals surface area contributed by atoms with Gasteiger partial charge < -0.3 is 15.2 Å². The fourth-order valence-electron chi connectivity index (χ4n) is 1.87. The van der Waals surface area contributed by atoms with Crippen LogP contribution in [0.2, 0.25) is 0 Å². The van der Waals surface area contributed by atoms with Crippen molar-refractivity contribution in [2.75, 3.05) is 20.3 Å². The zero-order valence-corrected chi connectivity index (χ0v) is 12.2. The van der Waals surface area contributed by atoms with Crippen LogP contribution in [-0.2, 0) is 0 Å². The van der Waals surface area contributed by atoms with Gasteiger partial charge in [-0.3, -0.25) is 4.79 Å². The number of amides is 1. The summed E-state index contributed by atoms with van der Waals surface area (Å²) < 4.78 is 18.6. The van der Waals surface area contributed by atoms with Gasteiger partial charge in [0.05, 0.1) is 12.7 Å². The molecule has 1 rings (SSSR count). The molecule has 4 nitrogen and oxygen atoms in total. The maximum Gasteiger partial charge on any atom is 0.254 e. The lowest BCUT2D eigenvalue weighted by Gasteiger charge is -2.24. The number of benzene rings is 1. The SMILES string of the molecule is COc1ccc(C(=O)NCC(C)(C)CCCO)c(F)c1. The van der Waals surface area contributed by atoms with Crippen LogP contribution in [-0.4, -0.2) is 31.3 Å². The first kappa shape index (κ1) is 16.4. The predicted octanol–water partition coefficient (Wildman–Crippen LogP) is 2.36. The molecule has 0 heterocycles. The molecule has 0 spiro atoms. The average Bonchev–Trinajstić information content (AvgIpc) is 2.42. The lowest BCUT2D eigenvalue weighted by Crippen LogP contribution is -2.34.